The molecule has 4 amide bonds. The van der Waals surface area contributed by atoms with Gasteiger partial charge in [-0.3, -0.25) is 14.5 Å². The number of nitrogens with zero attached hydrogens (tertiary/aromatic N) is 3. The Labute approximate surface area is 171 Å². The Kier molecular flexibility index (Phi) is 4.94. The zero-order valence-electron chi connectivity index (χ0n) is 15.6. The van der Waals surface area contributed by atoms with E-state index in [0.29, 0.717) is 16.3 Å². The summed E-state index contributed by atoms with van der Waals surface area (Å²) in [6.07, 6.45) is 1.53. The summed E-state index contributed by atoms with van der Waals surface area (Å²) < 4.78 is 1.88. The van der Waals surface area contributed by atoms with Crippen molar-refractivity contribution in [3.05, 3.63) is 59.4 Å². The maximum atomic E-state index is 12.6. The molecule has 0 radical (unpaired) electrons. The van der Waals surface area contributed by atoms with E-state index in [1.54, 1.807) is 42.7 Å². The maximum Gasteiger partial charge on any atom is 0.325 e. The number of carbonyl (C=O) groups is 3. The lowest BCUT2D eigenvalue weighted by molar-refractivity contribution is -0.130. The highest BCUT2D eigenvalue weighted by Gasteiger charge is 2.39. The molecular weight excluding hydrogens is 394 g/mol. The van der Waals surface area contributed by atoms with Gasteiger partial charge in [0.1, 0.15) is 6.04 Å². The topological polar surface area (TPSA) is 96.3 Å². The third-order valence-corrected chi connectivity index (χ3v) is 5.16. The smallest absolute Gasteiger partial charge is 0.325 e. The van der Waals surface area contributed by atoms with Gasteiger partial charge in [0.2, 0.25) is 5.91 Å². The Morgan fingerprint density at radius 3 is 2.83 bits per heavy atom. The molecule has 1 atom stereocenters. The van der Waals surface area contributed by atoms with Gasteiger partial charge in [-0.1, -0.05) is 29.8 Å². The normalized spacial score (nSPS) is 16.3. The molecular formula is C20H18ClN5O3. The highest BCUT2D eigenvalue weighted by molar-refractivity contribution is 6.31. The standard InChI is InChI=1S/C20H18ClN5O3/c1-25-11-22-15-8-13(6-7-17(15)25)23-18(27)9-16-19(28)26(20(29)24-16)10-12-4-2-3-5-14(12)21/h2-8,11,16H,9-10H2,1H3,(H,23,27)(H,24,29)/t16-/m0/s1. The quantitative estimate of drug-likeness (QED) is 0.631. The minimum Gasteiger partial charge on any atom is -0.334 e. The van der Waals surface area contributed by atoms with E-state index in [1.807, 2.05) is 17.7 Å². The monoisotopic (exact) mass is 411 g/mol. The van der Waals surface area contributed by atoms with Gasteiger partial charge in [-0.15, -0.1) is 0 Å². The number of benzene rings is 2. The number of nitrogens with one attached hydrogen (secondary N) is 2. The Morgan fingerprint density at radius 2 is 2.03 bits per heavy atom. The van der Waals surface area contributed by atoms with Crippen molar-refractivity contribution in [2.24, 2.45) is 7.05 Å². The summed E-state index contributed by atoms with van der Waals surface area (Å²) in [5.41, 5.74) is 2.93. The zero-order chi connectivity index (χ0) is 20.5. The number of halogens is 1. The second-order valence-electron chi connectivity index (χ2n) is 6.83. The molecule has 2 N–H and O–H groups in total. The van der Waals surface area contributed by atoms with Crippen molar-refractivity contribution in [2.45, 2.75) is 19.0 Å². The van der Waals surface area contributed by atoms with E-state index >= 15 is 0 Å². The van der Waals surface area contributed by atoms with Crippen LogP contribution >= 0.6 is 11.6 Å². The van der Waals surface area contributed by atoms with Crippen molar-refractivity contribution >= 4 is 46.2 Å². The number of aryl methyl sites for hydroxylation is 1. The minimum absolute atomic E-state index is 0.0544. The first-order valence-electron chi connectivity index (χ1n) is 8.98. The first-order valence-corrected chi connectivity index (χ1v) is 9.36. The average Bonchev–Trinajstić information content (AvgIpc) is 3.18. The summed E-state index contributed by atoms with van der Waals surface area (Å²) in [6, 6.07) is 10.9. The van der Waals surface area contributed by atoms with Crippen molar-refractivity contribution in [2.75, 3.05) is 5.32 Å². The lowest BCUT2D eigenvalue weighted by Crippen LogP contribution is -2.34. The number of hydrogen-bond acceptors (Lipinski definition) is 4. The predicted octanol–water partition coefficient (Wildman–Crippen LogP) is 2.68. The fraction of sp³-hybridized carbons (Fsp3) is 0.200. The molecule has 0 spiro atoms. The van der Waals surface area contributed by atoms with Crippen LogP contribution < -0.4 is 10.6 Å². The number of anilines is 1. The Balaban J connectivity index is 1.41. The van der Waals surface area contributed by atoms with E-state index < -0.39 is 18.0 Å². The second-order valence-corrected chi connectivity index (χ2v) is 7.24. The number of aromatic nitrogens is 2. The van der Waals surface area contributed by atoms with Crippen LogP contribution in [0.2, 0.25) is 5.02 Å². The Bertz CT molecular complexity index is 1130. The van der Waals surface area contributed by atoms with Crippen molar-refractivity contribution < 1.29 is 14.4 Å². The molecule has 2 aromatic carbocycles. The number of hydrogen-bond donors (Lipinski definition) is 2. The Morgan fingerprint density at radius 1 is 1.24 bits per heavy atom. The molecule has 29 heavy (non-hydrogen) atoms. The first-order chi connectivity index (χ1) is 13.9. The maximum absolute atomic E-state index is 12.6. The number of urea groups is 1. The number of amides is 4. The molecule has 148 valence electrons. The van der Waals surface area contributed by atoms with Crippen LogP contribution in [-0.4, -0.2) is 38.3 Å². The summed E-state index contributed by atoms with van der Waals surface area (Å²) in [6.45, 7) is 0.0544. The highest BCUT2D eigenvalue weighted by Crippen LogP contribution is 2.21. The van der Waals surface area contributed by atoms with Gasteiger partial charge < -0.3 is 15.2 Å². The second kappa shape index (κ2) is 7.56. The molecule has 1 saturated heterocycles. The molecule has 0 bridgehead atoms. The molecule has 8 nitrogen and oxygen atoms in total. The molecule has 0 unspecified atom stereocenters. The summed E-state index contributed by atoms with van der Waals surface area (Å²) in [7, 11) is 1.89. The van der Waals surface area contributed by atoms with Gasteiger partial charge in [0.05, 0.1) is 30.3 Å². The van der Waals surface area contributed by atoms with E-state index in [1.165, 1.54) is 0 Å². The molecule has 9 heteroatoms. The minimum atomic E-state index is -0.913. The molecule has 3 aromatic rings. The third-order valence-electron chi connectivity index (χ3n) is 4.79. The van der Waals surface area contributed by atoms with Crippen LogP contribution in [-0.2, 0) is 23.2 Å². The number of rotatable bonds is 5. The SMILES string of the molecule is Cn1cnc2cc(NC(=O)C[C@@H]3NC(=O)N(Cc4ccccc4Cl)C3=O)ccc21. The highest BCUT2D eigenvalue weighted by atomic mass is 35.5. The molecule has 1 fully saturated rings. The summed E-state index contributed by atoms with van der Waals surface area (Å²) in [4.78, 5) is 42.5. The van der Waals surface area contributed by atoms with Gasteiger partial charge in [0.25, 0.3) is 5.91 Å². The molecule has 1 aromatic heterocycles. The van der Waals surface area contributed by atoms with Crippen LogP contribution in [0.1, 0.15) is 12.0 Å². The van der Waals surface area contributed by atoms with Crippen molar-refractivity contribution in [3.63, 3.8) is 0 Å². The molecule has 0 aliphatic carbocycles. The number of fused-ring (bicyclic) bond motifs is 1. The zero-order valence-corrected chi connectivity index (χ0v) is 16.3. The van der Waals surface area contributed by atoms with E-state index in [4.69, 9.17) is 11.6 Å². The fourth-order valence-electron chi connectivity index (χ4n) is 3.27. The van der Waals surface area contributed by atoms with Gasteiger partial charge in [0.15, 0.2) is 0 Å². The van der Waals surface area contributed by atoms with Crippen LogP contribution in [0.25, 0.3) is 11.0 Å². The lowest BCUT2D eigenvalue weighted by atomic mass is 10.1. The molecule has 1 aliphatic rings. The third kappa shape index (κ3) is 3.79. The van der Waals surface area contributed by atoms with Crippen LogP contribution in [0.15, 0.2) is 48.8 Å². The average molecular weight is 412 g/mol. The van der Waals surface area contributed by atoms with Gasteiger partial charge >= 0.3 is 6.03 Å². The predicted molar refractivity (Wildman–Crippen MR) is 108 cm³/mol. The summed E-state index contributed by atoms with van der Waals surface area (Å²) in [5, 5.41) is 5.78. The number of imidazole rings is 1. The number of carbonyl (C=O) groups excluding carboxylic acids is 3. The van der Waals surface area contributed by atoms with E-state index in [0.717, 1.165) is 15.9 Å². The fourth-order valence-corrected chi connectivity index (χ4v) is 3.47. The van der Waals surface area contributed by atoms with Crippen LogP contribution in [0.3, 0.4) is 0 Å². The van der Waals surface area contributed by atoms with Gasteiger partial charge in [-0.05, 0) is 29.8 Å². The van der Waals surface area contributed by atoms with Crippen molar-refractivity contribution in [1.29, 1.82) is 0 Å². The number of imide groups is 1. The largest absolute Gasteiger partial charge is 0.334 e. The lowest BCUT2D eigenvalue weighted by Gasteiger charge is -2.14. The van der Waals surface area contributed by atoms with Crippen LogP contribution in [0, 0.1) is 0 Å². The van der Waals surface area contributed by atoms with E-state index in [9.17, 15) is 14.4 Å². The van der Waals surface area contributed by atoms with E-state index in [-0.39, 0.29) is 18.9 Å². The summed E-state index contributed by atoms with van der Waals surface area (Å²) >= 11 is 6.11. The molecule has 4 rings (SSSR count). The van der Waals surface area contributed by atoms with Crippen LogP contribution in [0.5, 0.6) is 0 Å². The van der Waals surface area contributed by atoms with E-state index in [2.05, 4.69) is 15.6 Å². The molecule has 0 saturated carbocycles. The van der Waals surface area contributed by atoms with Gasteiger partial charge in [0, 0.05) is 17.8 Å². The molecule has 2 heterocycles. The summed E-state index contributed by atoms with van der Waals surface area (Å²) in [5.74, 6) is -0.830. The van der Waals surface area contributed by atoms with Gasteiger partial charge in [-0.25, -0.2) is 9.78 Å². The van der Waals surface area contributed by atoms with Crippen LogP contribution in [0.4, 0.5) is 10.5 Å². The van der Waals surface area contributed by atoms with Crippen molar-refractivity contribution in [3.8, 4) is 0 Å². The van der Waals surface area contributed by atoms with Crippen molar-refractivity contribution in [1.82, 2.24) is 19.8 Å². The molecule has 1 aliphatic heterocycles. The Hall–Kier alpha value is -3.39. The first kappa shape index (κ1) is 18.9. The van der Waals surface area contributed by atoms with Gasteiger partial charge in [-0.2, -0.15) is 0 Å².